The van der Waals surface area contributed by atoms with Crippen LogP contribution >= 0.6 is 0 Å². The van der Waals surface area contributed by atoms with E-state index in [1.807, 2.05) is 6.20 Å². The number of hydrogen-bond donors (Lipinski definition) is 0. The summed E-state index contributed by atoms with van der Waals surface area (Å²) < 4.78 is 4.86. The summed E-state index contributed by atoms with van der Waals surface area (Å²) in [7, 11) is 0. The first-order valence-corrected chi connectivity index (χ1v) is 22.8. The van der Waals surface area contributed by atoms with Crippen LogP contribution in [0.25, 0.3) is 99.6 Å². The van der Waals surface area contributed by atoms with Gasteiger partial charge in [-0.25, -0.2) is 0 Å². The molecule has 0 saturated carbocycles. The summed E-state index contributed by atoms with van der Waals surface area (Å²) in [6.45, 7) is 1.67. The van der Waals surface area contributed by atoms with Crippen LogP contribution in [0.3, 0.4) is 0 Å². The smallest absolute Gasteiger partial charge is 0.0787 e. The number of fused-ring (bicyclic) bond motifs is 15. The Morgan fingerprint density at radius 1 is 0.288 bits per heavy atom. The second-order valence-corrected chi connectivity index (χ2v) is 17.5. The van der Waals surface area contributed by atoms with Gasteiger partial charge in [0, 0.05) is 74.7 Å². The SMILES string of the molecule is c1ccc(N2CCN(c3ccccc3)c3cc4c(cc32)-c2cc(-n3c5ccccc5c5ccccc53)ccc2-c2ccc(-n3c5ccccc5c5ccccc53)cc2-c2cccnc2-4)cc1. The van der Waals surface area contributed by atoms with E-state index in [-0.39, 0.29) is 0 Å². The van der Waals surface area contributed by atoms with E-state index in [2.05, 4.69) is 237 Å². The van der Waals surface area contributed by atoms with Crippen LogP contribution in [0.1, 0.15) is 0 Å². The average molecular weight is 844 g/mol. The highest BCUT2D eigenvalue weighted by Crippen LogP contribution is 2.53. The number of para-hydroxylation sites is 6. The zero-order valence-electron chi connectivity index (χ0n) is 36.0. The molecule has 3 aromatic heterocycles. The fourth-order valence-electron chi connectivity index (χ4n) is 11.1. The highest BCUT2D eigenvalue weighted by atomic mass is 15.3. The van der Waals surface area contributed by atoms with Crippen LogP contribution in [-0.4, -0.2) is 27.2 Å². The number of nitrogens with zero attached hydrogens (tertiary/aromatic N) is 5. The summed E-state index contributed by atoms with van der Waals surface area (Å²) in [4.78, 5) is 10.3. The van der Waals surface area contributed by atoms with Crippen LogP contribution < -0.4 is 9.80 Å². The van der Waals surface area contributed by atoms with Crippen molar-refractivity contribution in [3.8, 4) is 56.0 Å². The maximum absolute atomic E-state index is 5.36. The monoisotopic (exact) mass is 843 g/mol. The lowest BCUT2D eigenvalue weighted by molar-refractivity contribution is 0.850. The van der Waals surface area contributed by atoms with Gasteiger partial charge in [0.1, 0.15) is 0 Å². The van der Waals surface area contributed by atoms with E-state index in [0.717, 1.165) is 58.1 Å². The molecule has 0 saturated heterocycles. The predicted octanol–water partition coefficient (Wildman–Crippen LogP) is 15.5. The lowest BCUT2D eigenvalue weighted by atomic mass is 9.81. The van der Waals surface area contributed by atoms with E-state index in [1.165, 1.54) is 77.4 Å². The first-order valence-electron chi connectivity index (χ1n) is 22.8. The Kier molecular flexibility index (Phi) is 8.04. The molecule has 5 heteroatoms. The van der Waals surface area contributed by atoms with Gasteiger partial charge in [-0.1, -0.05) is 127 Å². The molecule has 1 aliphatic carbocycles. The topological polar surface area (TPSA) is 29.2 Å². The number of benzene rings is 9. The highest BCUT2D eigenvalue weighted by molar-refractivity contribution is 6.12. The van der Waals surface area contributed by atoms with Gasteiger partial charge in [0.25, 0.3) is 0 Å². The van der Waals surface area contributed by atoms with Gasteiger partial charge in [0.2, 0.25) is 0 Å². The molecular weight excluding hydrogens is 803 g/mol. The van der Waals surface area contributed by atoms with Crippen LogP contribution in [0.2, 0.25) is 0 Å². The first kappa shape index (κ1) is 36.8. The largest absolute Gasteiger partial charge is 0.338 e. The molecule has 0 bridgehead atoms. The Hall–Kier alpha value is -8.67. The molecular formula is C61H41N5. The van der Waals surface area contributed by atoms with Gasteiger partial charge in [-0.3, -0.25) is 4.98 Å². The average Bonchev–Trinajstić information content (AvgIpc) is 3.91. The van der Waals surface area contributed by atoms with Gasteiger partial charge >= 0.3 is 0 Å². The maximum Gasteiger partial charge on any atom is 0.0787 e. The van der Waals surface area contributed by atoms with Crippen molar-refractivity contribution in [1.82, 2.24) is 14.1 Å². The Balaban J connectivity index is 1.09. The Morgan fingerprint density at radius 3 is 1.15 bits per heavy atom. The van der Waals surface area contributed by atoms with Crippen LogP contribution in [0.4, 0.5) is 22.7 Å². The summed E-state index contributed by atoms with van der Waals surface area (Å²) in [5.41, 5.74) is 20.7. The summed E-state index contributed by atoms with van der Waals surface area (Å²) in [5, 5.41) is 4.98. The predicted molar refractivity (Wildman–Crippen MR) is 275 cm³/mol. The number of hydrogen-bond acceptors (Lipinski definition) is 3. The van der Waals surface area contributed by atoms with Crippen molar-refractivity contribution in [2.75, 3.05) is 22.9 Å². The number of pyridine rings is 1. The molecule has 66 heavy (non-hydrogen) atoms. The molecule has 0 radical (unpaired) electrons. The quantitative estimate of drug-likeness (QED) is 0.177. The fraction of sp³-hybridized carbons (Fsp3) is 0.0328. The van der Waals surface area contributed by atoms with E-state index in [4.69, 9.17) is 4.98 Å². The Bertz CT molecular complexity index is 3790. The molecule has 0 amide bonds. The van der Waals surface area contributed by atoms with Crippen molar-refractivity contribution in [1.29, 1.82) is 0 Å². The maximum atomic E-state index is 5.36. The number of aromatic nitrogens is 3. The van der Waals surface area contributed by atoms with E-state index < -0.39 is 0 Å². The second-order valence-electron chi connectivity index (χ2n) is 17.5. The molecule has 2 aliphatic rings. The minimum Gasteiger partial charge on any atom is -0.338 e. The van der Waals surface area contributed by atoms with Crippen molar-refractivity contribution in [2.45, 2.75) is 0 Å². The van der Waals surface area contributed by atoms with Gasteiger partial charge in [-0.15, -0.1) is 0 Å². The van der Waals surface area contributed by atoms with Crippen molar-refractivity contribution >= 4 is 66.4 Å². The molecule has 14 rings (SSSR count). The van der Waals surface area contributed by atoms with Gasteiger partial charge < -0.3 is 18.9 Å². The molecule has 0 fully saturated rings. The van der Waals surface area contributed by atoms with Crippen LogP contribution in [-0.2, 0) is 0 Å². The normalized spacial score (nSPS) is 13.0. The number of rotatable bonds is 4. The number of anilines is 4. The minimum absolute atomic E-state index is 0.833. The molecule has 4 heterocycles. The van der Waals surface area contributed by atoms with Crippen LogP contribution in [0, 0.1) is 0 Å². The molecule has 12 aromatic rings. The van der Waals surface area contributed by atoms with Crippen molar-refractivity contribution in [2.24, 2.45) is 0 Å². The molecule has 1 aliphatic heterocycles. The summed E-state index contributed by atoms with van der Waals surface area (Å²) in [6, 6.07) is 80.2. The summed E-state index contributed by atoms with van der Waals surface area (Å²) >= 11 is 0. The standard InChI is InChI=1S/C61H41N5/c1-3-16-40(17-4-1)63-34-35-64(41-18-5-2-6-19-41)60-39-54-53(38-59(60)63)52-37-43(66-57-27-13-9-22-48(57)49-23-10-14-28-58(49)66)30-32-45(52)44-31-29-42(36-51(44)50-24-15-33-62-61(50)54)65-55-25-11-7-20-46(55)47-21-8-12-26-56(47)65/h1-33,36-39H,34-35H2. The molecule has 0 spiro atoms. The van der Waals surface area contributed by atoms with Crippen molar-refractivity contribution in [3.63, 3.8) is 0 Å². The van der Waals surface area contributed by atoms with Gasteiger partial charge in [0.05, 0.1) is 39.1 Å². The van der Waals surface area contributed by atoms with E-state index in [0.29, 0.717) is 0 Å². The molecule has 310 valence electrons. The first-order chi connectivity index (χ1) is 32.8. The lowest BCUT2D eigenvalue weighted by Gasteiger charge is -2.40. The Labute approximate surface area is 382 Å². The molecule has 0 N–H and O–H groups in total. The van der Waals surface area contributed by atoms with Crippen LogP contribution in [0.15, 0.2) is 225 Å². The van der Waals surface area contributed by atoms with Crippen LogP contribution in [0.5, 0.6) is 0 Å². The zero-order chi connectivity index (χ0) is 43.3. The molecule has 0 atom stereocenters. The van der Waals surface area contributed by atoms with E-state index in [1.54, 1.807) is 0 Å². The van der Waals surface area contributed by atoms with Crippen molar-refractivity contribution < 1.29 is 0 Å². The zero-order valence-corrected chi connectivity index (χ0v) is 36.0. The lowest BCUT2D eigenvalue weighted by Crippen LogP contribution is -2.36. The molecule has 9 aromatic carbocycles. The van der Waals surface area contributed by atoms with E-state index >= 15 is 0 Å². The third-order valence-corrected chi connectivity index (χ3v) is 14.0. The highest BCUT2D eigenvalue weighted by Gasteiger charge is 2.31. The summed E-state index contributed by atoms with van der Waals surface area (Å²) in [5.74, 6) is 0. The van der Waals surface area contributed by atoms with Gasteiger partial charge in [-0.2, -0.15) is 0 Å². The summed E-state index contributed by atoms with van der Waals surface area (Å²) in [6.07, 6.45) is 1.96. The Morgan fingerprint density at radius 2 is 0.682 bits per heavy atom. The third kappa shape index (κ3) is 5.44. The van der Waals surface area contributed by atoms with Gasteiger partial charge in [-0.05, 0) is 119 Å². The molecule has 5 nitrogen and oxygen atoms in total. The fourth-order valence-corrected chi connectivity index (χ4v) is 11.1. The third-order valence-electron chi connectivity index (χ3n) is 14.0. The minimum atomic E-state index is 0.833. The second kappa shape index (κ2) is 14.4. The van der Waals surface area contributed by atoms with Gasteiger partial charge in [0.15, 0.2) is 0 Å². The molecule has 0 unspecified atom stereocenters. The van der Waals surface area contributed by atoms with Crippen molar-refractivity contribution in [3.05, 3.63) is 225 Å². The van der Waals surface area contributed by atoms with E-state index in [9.17, 15) is 0 Å².